The predicted octanol–water partition coefficient (Wildman–Crippen LogP) is 3.90. The van der Waals surface area contributed by atoms with Crippen LogP contribution in [0.4, 0.5) is 0 Å². The van der Waals surface area contributed by atoms with E-state index < -0.39 is 0 Å². The maximum absolute atomic E-state index is 4.90. The van der Waals surface area contributed by atoms with Gasteiger partial charge in [-0.25, -0.2) is 0 Å². The zero-order valence-corrected chi connectivity index (χ0v) is 12.7. The van der Waals surface area contributed by atoms with Gasteiger partial charge in [-0.05, 0) is 24.1 Å². The van der Waals surface area contributed by atoms with Crippen LogP contribution in [0.1, 0.15) is 51.9 Å². The summed E-state index contributed by atoms with van der Waals surface area (Å²) in [6.45, 7) is 11.0. The minimum atomic E-state index is 0.0780. The van der Waals surface area contributed by atoms with Crippen molar-refractivity contribution < 1.29 is 0 Å². The van der Waals surface area contributed by atoms with Crippen LogP contribution in [0, 0.1) is 0 Å². The van der Waals surface area contributed by atoms with Gasteiger partial charge in [0.05, 0.1) is 11.4 Å². The minimum absolute atomic E-state index is 0.0780. The second kappa shape index (κ2) is 4.80. The first-order valence-electron chi connectivity index (χ1n) is 6.80. The Balaban J connectivity index is 2.60. The summed E-state index contributed by atoms with van der Waals surface area (Å²) in [5.41, 5.74) is 4.67. The molecule has 2 rings (SSSR count). The Hall–Kier alpha value is -1.64. The van der Waals surface area contributed by atoms with Gasteiger partial charge < -0.3 is 0 Å². The fraction of sp³-hybridized carbons (Fsp3) is 0.500. The molecule has 0 unspecified atom stereocenters. The molecule has 0 aromatic carbocycles. The third-order valence-electron chi connectivity index (χ3n) is 3.34. The van der Waals surface area contributed by atoms with Gasteiger partial charge in [0.1, 0.15) is 0 Å². The highest BCUT2D eigenvalue weighted by atomic mass is 15.3. The average molecular weight is 257 g/mol. The number of hydrogen-bond donors (Lipinski definition) is 0. The van der Waals surface area contributed by atoms with Crippen LogP contribution in [0.25, 0.3) is 11.3 Å². The Morgan fingerprint density at radius 1 is 1.11 bits per heavy atom. The largest absolute Gasteiger partial charge is 0.268 e. The number of aryl methyl sites for hydroxylation is 1. The van der Waals surface area contributed by atoms with Crippen molar-refractivity contribution in [2.75, 3.05) is 0 Å². The van der Waals surface area contributed by atoms with Crippen LogP contribution in [0.5, 0.6) is 0 Å². The Labute approximate surface area is 115 Å². The first-order valence-corrected chi connectivity index (χ1v) is 6.80. The maximum atomic E-state index is 4.90. The van der Waals surface area contributed by atoms with Crippen molar-refractivity contribution in [3.63, 3.8) is 0 Å². The predicted molar refractivity (Wildman–Crippen MR) is 79.2 cm³/mol. The molecule has 2 heterocycles. The highest BCUT2D eigenvalue weighted by Gasteiger charge is 2.20. The van der Waals surface area contributed by atoms with Crippen LogP contribution < -0.4 is 0 Å². The van der Waals surface area contributed by atoms with Crippen molar-refractivity contribution in [1.29, 1.82) is 0 Å². The van der Waals surface area contributed by atoms with E-state index in [2.05, 4.69) is 51.9 Å². The molecule has 0 atom stereocenters. The first-order chi connectivity index (χ1) is 8.80. The van der Waals surface area contributed by atoms with Gasteiger partial charge in [-0.15, -0.1) is 0 Å². The lowest BCUT2D eigenvalue weighted by molar-refractivity contribution is 0.563. The summed E-state index contributed by atoms with van der Waals surface area (Å²) in [5, 5.41) is 4.25. The molecule has 0 aliphatic carbocycles. The lowest BCUT2D eigenvalue weighted by atomic mass is 9.89. The lowest BCUT2D eigenvalue weighted by Gasteiger charge is -2.21. The summed E-state index contributed by atoms with van der Waals surface area (Å²) < 4.78 is 1.90. The monoisotopic (exact) mass is 257 g/mol. The first kappa shape index (κ1) is 13.8. The fourth-order valence-electron chi connectivity index (χ4n) is 2.19. The van der Waals surface area contributed by atoms with Crippen LogP contribution >= 0.6 is 0 Å². The van der Waals surface area contributed by atoms with Gasteiger partial charge in [0.15, 0.2) is 0 Å². The van der Waals surface area contributed by atoms with E-state index in [-0.39, 0.29) is 5.41 Å². The molecule has 0 aliphatic heterocycles. The Bertz CT molecular complexity index is 574. The van der Waals surface area contributed by atoms with Crippen LogP contribution in [-0.2, 0) is 12.5 Å². The minimum Gasteiger partial charge on any atom is -0.268 e. The molecule has 102 valence electrons. The molecular formula is C16H23N3. The number of nitrogens with zero attached hydrogens (tertiary/aromatic N) is 3. The van der Waals surface area contributed by atoms with Gasteiger partial charge in [0.25, 0.3) is 0 Å². The molecule has 19 heavy (non-hydrogen) atoms. The summed E-state index contributed by atoms with van der Waals surface area (Å²) in [4.78, 5) is 4.90. The summed E-state index contributed by atoms with van der Waals surface area (Å²) in [7, 11) is 1.97. The number of pyridine rings is 1. The molecule has 0 fully saturated rings. The van der Waals surface area contributed by atoms with Gasteiger partial charge >= 0.3 is 0 Å². The summed E-state index contributed by atoms with van der Waals surface area (Å²) >= 11 is 0. The molecule has 3 heteroatoms. The van der Waals surface area contributed by atoms with Crippen LogP contribution in [0.2, 0.25) is 0 Å². The molecule has 0 aliphatic rings. The van der Waals surface area contributed by atoms with Gasteiger partial charge in [-0.1, -0.05) is 34.6 Å². The van der Waals surface area contributed by atoms with Gasteiger partial charge in [0, 0.05) is 29.9 Å². The van der Waals surface area contributed by atoms with Crippen molar-refractivity contribution in [3.8, 4) is 11.3 Å². The Kier molecular flexibility index (Phi) is 3.48. The number of hydrogen-bond acceptors (Lipinski definition) is 2. The van der Waals surface area contributed by atoms with Gasteiger partial charge in [-0.3, -0.25) is 9.67 Å². The summed E-state index contributed by atoms with van der Waals surface area (Å²) in [6, 6.07) is 6.35. The number of rotatable bonds is 2. The standard InChI is InChI=1S/C16H23N3/c1-11(2)15-12(13-9-10-17-19(13)6)7-8-14(18-15)16(3,4)5/h7-11H,1-6H3. The van der Waals surface area contributed by atoms with E-state index in [0.29, 0.717) is 5.92 Å². The van der Waals surface area contributed by atoms with E-state index in [1.54, 1.807) is 0 Å². The van der Waals surface area contributed by atoms with Crippen LogP contribution in [0.15, 0.2) is 24.4 Å². The van der Waals surface area contributed by atoms with Gasteiger partial charge in [0.2, 0.25) is 0 Å². The summed E-state index contributed by atoms with van der Waals surface area (Å²) in [5.74, 6) is 0.396. The molecule has 0 bridgehead atoms. The normalized spacial score (nSPS) is 12.2. The second-order valence-electron chi connectivity index (χ2n) is 6.37. The number of aromatic nitrogens is 3. The second-order valence-corrected chi connectivity index (χ2v) is 6.37. The van der Waals surface area contributed by atoms with Gasteiger partial charge in [-0.2, -0.15) is 5.10 Å². The van der Waals surface area contributed by atoms with Crippen LogP contribution in [-0.4, -0.2) is 14.8 Å². The van der Waals surface area contributed by atoms with Crippen molar-refractivity contribution >= 4 is 0 Å². The highest BCUT2D eigenvalue weighted by molar-refractivity contribution is 5.63. The third-order valence-corrected chi connectivity index (χ3v) is 3.34. The summed E-state index contributed by atoms with van der Waals surface area (Å²) in [6.07, 6.45) is 1.83. The van der Waals surface area contributed by atoms with E-state index in [0.717, 1.165) is 17.1 Å². The molecule has 0 saturated heterocycles. The molecule has 0 N–H and O–H groups in total. The smallest absolute Gasteiger partial charge is 0.0697 e. The van der Waals surface area contributed by atoms with E-state index >= 15 is 0 Å². The Morgan fingerprint density at radius 3 is 2.26 bits per heavy atom. The SMILES string of the molecule is CC(C)c1nc(C(C)(C)C)ccc1-c1ccnn1C. The molecule has 3 nitrogen and oxygen atoms in total. The topological polar surface area (TPSA) is 30.7 Å². The molecule has 0 saturated carbocycles. The molecule has 0 radical (unpaired) electrons. The zero-order valence-electron chi connectivity index (χ0n) is 12.7. The van der Waals surface area contributed by atoms with Crippen LogP contribution in [0.3, 0.4) is 0 Å². The van der Waals surface area contributed by atoms with Crippen molar-refractivity contribution in [2.24, 2.45) is 7.05 Å². The quantitative estimate of drug-likeness (QED) is 0.816. The maximum Gasteiger partial charge on any atom is 0.0697 e. The highest BCUT2D eigenvalue weighted by Crippen LogP contribution is 2.30. The molecule has 0 spiro atoms. The Morgan fingerprint density at radius 2 is 1.79 bits per heavy atom. The van der Waals surface area contributed by atoms with E-state index in [1.807, 2.05) is 24.0 Å². The zero-order chi connectivity index (χ0) is 14.2. The van der Waals surface area contributed by atoms with E-state index in [9.17, 15) is 0 Å². The van der Waals surface area contributed by atoms with E-state index in [1.165, 1.54) is 5.56 Å². The van der Waals surface area contributed by atoms with E-state index in [4.69, 9.17) is 4.98 Å². The lowest BCUT2D eigenvalue weighted by Crippen LogP contribution is -2.15. The van der Waals surface area contributed by atoms with Crippen molar-refractivity contribution in [1.82, 2.24) is 14.8 Å². The molecule has 2 aromatic heterocycles. The fourth-order valence-corrected chi connectivity index (χ4v) is 2.19. The molecule has 0 amide bonds. The molecular weight excluding hydrogens is 234 g/mol. The average Bonchev–Trinajstić information content (AvgIpc) is 2.73. The van der Waals surface area contributed by atoms with Crippen molar-refractivity contribution in [3.05, 3.63) is 35.8 Å². The molecule has 2 aromatic rings. The third kappa shape index (κ3) is 2.70. The van der Waals surface area contributed by atoms with Crippen molar-refractivity contribution in [2.45, 2.75) is 46.0 Å².